The molecule has 2 fully saturated rings. The van der Waals surface area contributed by atoms with E-state index in [2.05, 4.69) is 20.5 Å². The van der Waals surface area contributed by atoms with E-state index in [0.29, 0.717) is 11.7 Å². The van der Waals surface area contributed by atoms with Crippen LogP contribution in [-0.4, -0.2) is 60.6 Å². The minimum atomic E-state index is -2.81. The van der Waals surface area contributed by atoms with Crippen LogP contribution in [0.3, 0.4) is 0 Å². The monoisotopic (exact) mass is 332 g/mol. The van der Waals surface area contributed by atoms with Gasteiger partial charge in [0.2, 0.25) is 5.91 Å². The van der Waals surface area contributed by atoms with Crippen LogP contribution in [-0.2, 0) is 16.1 Å². The lowest BCUT2D eigenvalue weighted by Gasteiger charge is -2.25. The number of carbonyl (C=O) groups excluding carboxylic acids is 1. The van der Waals surface area contributed by atoms with E-state index in [1.807, 2.05) is 5.38 Å². The summed E-state index contributed by atoms with van der Waals surface area (Å²) in [4.78, 5) is 18.5. The lowest BCUT2D eigenvalue weighted by Crippen LogP contribution is -2.36. The van der Waals surface area contributed by atoms with Crippen molar-refractivity contribution in [2.45, 2.75) is 24.9 Å². The van der Waals surface area contributed by atoms with Crippen molar-refractivity contribution in [2.24, 2.45) is 0 Å². The van der Waals surface area contributed by atoms with Crippen LogP contribution in [0.5, 0.6) is 0 Å². The summed E-state index contributed by atoms with van der Waals surface area (Å²) < 4.78 is 31.5. The number of ether oxygens (including phenoxy) is 1. The number of anilines is 1. The molecular formula is C13H18F2N4O2S. The highest BCUT2D eigenvalue weighted by Crippen LogP contribution is 2.26. The number of hydrogen-bond donors (Lipinski definition) is 2. The fraction of sp³-hybridized carbons (Fsp3) is 0.692. The Labute approximate surface area is 130 Å². The summed E-state index contributed by atoms with van der Waals surface area (Å²) in [5.41, 5.74) is 0.868. The zero-order chi connectivity index (χ0) is 15.6. The third-order valence-electron chi connectivity index (χ3n) is 3.70. The number of carbonyl (C=O) groups is 1. The first-order valence-electron chi connectivity index (χ1n) is 7.18. The van der Waals surface area contributed by atoms with E-state index in [9.17, 15) is 13.6 Å². The second-order valence-corrected chi connectivity index (χ2v) is 6.37. The molecular weight excluding hydrogens is 314 g/mol. The predicted octanol–water partition coefficient (Wildman–Crippen LogP) is 0.911. The number of morpholine rings is 1. The molecule has 3 heterocycles. The average Bonchev–Trinajstić information content (AvgIpc) is 3.06. The number of thiazole rings is 1. The molecule has 0 aromatic carbocycles. The van der Waals surface area contributed by atoms with Crippen LogP contribution in [0.2, 0.25) is 0 Å². The maximum Gasteiger partial charge on any atom is 0.262 e. The van der Waals surface area contributed by atoms with E-state index in [4.69, 9.17) is 4.74 Å². The van der Waals surface area contributed by atoms with Gasteiger partial charge in [-0.25, -0.2) is 13.8 Å². The van der Waals surface area contributed by atoms with Crippen molar-refractivity contribution < 1.29 is 18.3 Å². The molecule has 1 aromatic heterocycles. The topological polar surface area (TPSA) is 66.5 Å². The lowest BCUT2D eigenvalue weighted by molar-refractivity contribution is -0.118. The van der Waals surface area contributed by atoms with E-state index in [1.54, 1.807) is 0 Å². The maximum absolute atomic E-state index is 13.1. The van der Waals surface area contributed by atoms with Gasteiger partial charge in [0, 0.05) is 31.4 Å². The standard InChI is InChI=1S/C13H18F2N4O2S/c14-13(15)5-10(16-8-13)11(20)18-12-17-9(7-22-12)6-19-1-3-21-4-2-19/h7,10,16H,1-6,8H2,(H,17,18,20). The molecule has 1 aromatic rings. The van der Waals surface area contributed by atoms with Crippen LogP contribution < -0.4 is 10.6 Å². The Kier molecular flexibility index (Phi) is 4.67. The number of amides is 1. The first kappa shape index (κ1) is 15.7. The Balaban J connectivity index is 1.52. The van der Waals surface area contributed by atoms with Crippen LogP contribution in [0, 0.1) is 0 Å². The van der Waals surface area contributed by atoms with Gasteiger partial charge in [-0.15, -0.1) is 11.3 Å². The molecule has 9 heteroatoms. The highest BCUT2D eigenvalue weighted by Gasteiger charge is 2.42. The SMILES string of the molecule is O=C(Nc1nc(CN2CCOCC2)cs1)C1CC(F)(F)CN1. The maximum atomic E-state index is 13.1. The zero-order valence-corrected chi connectivity index (χ0v) is 12.8. The van der Waals surface area contributed by atoms with Crippen LogP contribution >= 0.6 is 11.3 Å². The lowest BCUT2D eigenvalue weighted by atomic mass is 10.2. The molecule has 0 radical (unpaired) electrons. The molecule has 22 heavy (non-hydrogen) atoms. The highest BCUT2D eigenvalue weighted by atomic mass is 32.1. The molecule has 2 saturated heterocycles. The summed E-state index contributed by atoms with van der Waals surface area (Å²) in [6, 6.07) is -0.860. The Morgan fingerprint density at radius 2 is 2.32 bits per heavy atom. The minimum Gasteiger partial charge on any atom is -0.379 e. The molecule has 0 spiro atoms. The molecule has 2 aliphatic rings. The molecule has 1 amide bonds. The van der Waals surface area contributed by atoms with Crippen molar-refractivity contribution in [3.8, 4) is 0 Å². The molecule has 0 bridgehead atoms. The van der Waals surface area contributed by atoms with Gasteiger partial charge in [0.15, 0.2) is 5.13 Å². The van der Waals surface area contributed by atoms with Gasteiger partial charge in [0.05, 0.1) is 31.5 Å². The number of hydrogen-bond acceptors (Lipinski definition) is 6. The van der Waals surface area contributed by atoms with Crippen molar-refractivity contribution >= 4 is 22.4 Å². The van der Waals surface area contributed by atoms with Gasteiger partial charge < -0.3 is 10.1 Å². The molecule has 1 atom stereocenters. The van der Waals surface area contributed by atoms with E-state index >= 15 is 0 Å². The van der Waals surface area contributed by atoms with Gasteiger partial charge in [-0.3, -0.25) is 15.0 Å². The van der Waals surface area contributed by atoms with Gasteiger partial charge >= 0.3 is 0 Å². The van der Waals surface area contributed by atoms with Crippen molar-refractivity contribution in [2.75, 3.05) is 38.2 Å². The van der Waals surface area contributed by atoms with Gasteiger partial charge in [-0.1, -0.05) is 0 Å². The van der Waals surface area contributed by atoms with Crippen LogP contribution in [0.4, 0.5) is 13.9 Å². The summed E-state index contributed by atoms with van der Waals surface area (Å²) in [6.45, 7) is 3.41. The summed E-state index contributed by atoms with van der Waals surface area (Å²) in [5.74, 6) is -3.27. The summed E-state index contributed by atoms with van der Waals surface area (Å²) in [5, 5.41) is 7.47. The highest BCUT2D eigenvalue weighted by molar-refractivity contribution is 7.13. The predicted molar refractivity (Wildman–Crippen MR) is 78.2 cm³/mol. The molecule has 1 unspecified atom stereocenters. The normalized spacial score (nSPS) is 25.3. The molecule has 3 rings (SSSR count). The Morgan fingerprint density at radius 1 is 1.55 bits per heavy atom. The number of nitrogens with one attached hydrogen (secondary N) is 2. The van der Waals surface area contributed by atoms with Crippen LogP contribution in [0.1, 0.15) is 12.1 Å². The fourth-order valence-corrected chi connectivity index (χ4v) is 3.22. The number of alkyl halides is 2. The average molecular weight is 332 g/mol. The first-order chi connectivity index (χ1) is 10.5. The molecule has 0 saturated carbocycles. The van der Waals surface area contributed by atoms with Crippen molar-refractivity contribution in [3.63, 3.8) is 0 Å². The van der Waals surface area contributed by atoms with Crippen LogP contribution in [0.25, 0.3) is 0 Å². The Hall–Kier alpha value is -1.16. The van der Waals surface area contributed by atoms with E-state index in [0.717, 1.165) is 32.0 Å². The van der Waals surface area contributed by atoms with Crippen molar-refractivity contribution in [1.82, 2.24) is 15.2 Å². The van der Waals surface area contributed by atoms with E-state index in [1.165, 1.54) is 11.3 Å². The molecule has 0 aliphatic carbocycles. The van der Waals surface area contributed by atoms with Gasteiger partial charge in [-0.05, 0) is 0 Å². The second kappa shape index (κ2) is 6.53. The quantitative estimate of drug-likeness (QED) is 0.858. The fourth-order valence-electron chi connectivity index (χ4n) is 2.52. The summed E-state index contributed by atoms with van der Waals surface area (Å²) >= 11 is 1.31. The van der Waals surface area contributed by atoms with Gasteiger partial charge in [0.25, 0.3) is 5.92 Å². The minimum absolute atomic E-state index is 0.449. The van der Waals surface area contributed by atoms with Crippen molar-refractivity contribution in [3.05, 3.63) is 11.1 Å². The Morgan fingerprint density at radius 3 is 3.00 bits per heavy atom. The Bertz CT molecular complexity index is 534. The molecule has 122 valence electrons. The van der Waals surface area contributed by atoms with E-state index in [-0.39, 0.29) is 0 Å². The zero-order valence-electron chi connectivity index (χ0n) is 12.0. The third kappa shape index (κ3) is 3.97. The summed E-state index contributed by atoms with van der Waals surface area (Å²) in [6.07, 6.45) is -0.467. The largest absolute Gasteiger partial charge is 0.379 e. The van der Waals surface area contributed by atoms with Crippen molar-refractivity contribution in [1.29, 1.82) is 0 Å². The number of aromatic nitrogens is 1. The molecule has 2 aliphatic heterocycles. The van der Waals surface area contributed by atoms with Gasteiger partial charge in [0.1, 0.15) is 0 Å². The van der Waals surface area contributed by atoms with E-state index < -0.39 is 30.8 Å². The molecule has 6 nitrogen and oxygen atoms in total. The first-order valence-corrected chi connectivity index (χ1v) is 8.06. The van der Waals surface area contributed by atoms with Crippen LogP contribution in [0.15, 0.2) is 5.38 Å². The second-order valence-electron chi connectivity index (χ2n) is 5.52. The van der Waals surface area contributed by atoms with Gasteiger partial charge in [-0.2, -0.15) is 0 Å². The number of halogens is 2. The smallest absolute Gasteiger partial charge is 0.262 e. The summed E-state index contributed by atoms with van der Waals surface area (Å²) in [7, 11) is 0. The molecule has 2 N–H and O–H groups in total. The number of rotatable bonds is 4. The number of nitrogens with zero attached hydrogens (tertiary/aromatic N) is 2. The third-order valence-corrected chi connectivity index (χ3v) is 4.50.